The van der Waals surface area contributed by atoms with E-state index in [0.717, 1.165) is 22.6 Å². The lowest BCUT2D eigenvalue weighted by atomic mass is 10.0. The van der Waals surface area contributed by atoms with Crippen LogP contribution in [0.4, 0.5) is 0 Å². The molecule has 0 bridgehead atoms. The van der Waals surface area contributed by atoms with E-state index in [-0.39, 0.29) is 12.1 Å². The Morgan fingerprint density at radius 3 is 2.38 bits per heavy atom. The van der Waals surface area contributed by atoms with E-state index in [2.05, 4.69) is 0 Å². The molecule has 0 atom stereocenters. The number of rotatable bonds is 9. The molecule has 0 heterocycles. The maximum atomic E-state index is 11.9. The Balaban J connectivity index is 2.25. The largest absolute Gasteiger partial charge is 0.491 e. The van der Waals surface area contributed by atoms with Crippen LogP contribution < -0.4 is 9.47 Å². The van der Waals surface area contributed by atoms with Gasteiger partial charge in [-0.2, -0.15) is 0 Å². The third kappa shape index (κ3) is 5.49. The number of hydrogen-bond donors (Lipinski definition) is 0. The number of carbonyl (C=O) groups is 1. The molecule has 0 aliphatic rings. The average Bonchev–Trinajstić information content (AvgIpc) is 2.65. The van der Waals surface area contributed by atoms with Gasteiger partial charge in [0.15, 0.2) is 0 Å². The second kappa shape index (κ2) is 9.82. The lowest BCUT2D eigenvalue weighted by Crippen LogP contribution is -2.08. The quantitative estimate of drug-likeness (QED) is 0.493. The third-order valence-corrected chi connectivity index (χ3v) is 3.63. The molecular weight excluding hydrogens is 332 g/mol. The summed E-state index contributed by atoms with van der Waals surface area (Å²) in [6.45, 7) is 7.63. The molecule has 5 heteroatoms. The molecule has 2 rings (SSSR count). The molecule has 0 spiro atoms. The zero-order valence-electron chi connectivity index (χ0n) is 15.8. The van der Waals surface area contributed by atoms with Crippen LogP contribution in [0.2, 0.25) is 0 Å². The normalized spacial score (nSPS) is 10.7. The van der Waals surface area contributed by atoms with Crippen LogP contribution in [0, 0.1) is 0 Å². The minimum absolute atomic E-state index is 0.0268. The van der Waals surface area contributed by atoms with Gasteiger partial charge in [0.05, 0.1) is 25.4 Å². The highest BCUT2D eigenvalue weighted by molar-refractivity contribution is 5.92. The van der Waals surface area contributed by atoms with Gasteiger partial charge in [0, 0.05) is 12.2 Å². The van der Waals surface area contributed by atoms with Gasteiger partial charge in [0.2, 0.25) is 0 Å². The summed E-state index contributed by atoms with van der Waals surface area (Å²) >= 11 is 0. The predicted molar refractivity (Wildman–Crippen MR) is 101 cm³/mol. The summed E-state index contributed by atoms with van der Waals surface area (Å²) in [5.74, 6) is 1.11. The first kappa shape index (κ1) is 19.8. The fraction of sp³-hybridized carbons (Fsp3) is 0.381. The Bertz CT molecular complexity index is 707. The summed E-state index contributed by atoms with van der Waals surface area (Å²) in [4.78, 5) is 11.9. The highest BCUT2D eigenvalue weighted by Gasteiger charge is 2.13. The van der Waals surface area contributed by atoms with Gasteiger partial charge < -0.3 is 18.9 Å². The molecule has 0 amide bonds. The summed E-state index contributed by atoms with van der Waals surface area (Å²) in [5.41, 5.74) is 2.25. The zero-order valence-corrected chi connectivity index (χ0v) is 15.8. The Morgan fingerprint density at radius 1 is 1.04 bits per heavy atom. The zero-order chi connectivity index (χ0) is 18.9. The Hall–Kier alpha value is -2.53. The second-order valence-electron chi connectivity index (χ2n) is 5.94. The molecule has 0 radical (unpaired) electrons. The number of carbonyl (C=O) groups excluding carboxylic acids is 1. The van der Waals surface area contributed by atoms with Crippen LogP contribution in [-0.2, 0) is 9.47 Å². The monoisotopic (exact) mass is 358 g/mol. The van der Waals surface area contributed by atoms with Crippen molar-refractivity contribution in [2.75, 3.05) is 26.9 Å². The molecule has 0 unspecified atom stereocenters. The van der Waals surface area contributed by atoms with Crippen molar-refractivity contribution in [2.45, 2.75) is 26.9 Å². The van der Waals surface area contributed by atoms with Gasteiger partial charge >= 0.3 is 5.97 Å². The number of benzene rings is 2. The fourth-order valence-corrected chi connectivity index (χ4v) is 2.45. The van der Waals surface area contributed by atoms with Crippen molar-refractivity contribution in [2.24, 2.45) is 0 Å². The van der Waals surface area contributed by atoms with Gasteiger partial charge in [0.25, 0.3) is 0 Å². The smallest absolute Gasteiger partial charge is 0.337 e. The summed E-state index contributed by atoms with van der Waals surface area (Å²) < 4.78 is 21.6. The number of esters is 1. The van der Waals surface area contributed by atoms with Gasteiger partial charge in [-0.05, 0) is 56.7 Å². The first-order valence-electron chi connectivity index (χ1n) is 8.75. The number of hydrogen-bond acceptors (Lipinski definition) is 5. The van der Waals surface area contributed by atoms with Crippen molar-refractivity contribution in [1.29, 1.82) is 0 Å². The summed E-state index contributed by atoms with van der Waals surface area (Å²) in [7, 11) is 1.37. The van der Waals surface area contributed by atoms with Crippen LogP contribution >= 0.6 is 0 Å². The van der Waals surface area contributed by atoms with Crippen molar-refractivity contribution in [3.63, 3.8) is 0 Å². The maximum Gasteiger partial charge on any atom is 0.337 e. The van der Waals surface area contributed by atoms with Crippen molar-refractivity contribution in [3.8, 4) is 22.6 Å². The SMILES string of the molecule is CCOCCOc1ccc(-c2cc(C(=O)OC)ccc2OC(C)C)cc1. The first-order chi connectivity index (χ1) is 12.5. The third-order valence-electron chi connectivity index (χ3n) is 3.63. The minimum atomic E-state index is -0.377. The lowest BCUT2D eigenvalue weighted by molar-refractivity contribution is 0.0600. The van der Waals surface area contributed by atoms with Gasteiger partial charge in [-0.1, -0.05) is 12.1 Å². The second-order valence-corrected chi connectivity index (χ2v) is 5.94. The molecule has 0 saturated carbocycles. The standard InChI is InChI=1S/C21H26O5/c1-5-24-12-13-25-18-9-6-16(7-10-18)19-14-17(21(22)23-4)8-11-20(19)26-15(2)3/h6-11,14-15H,5,12-13H2,1-4H3. The minimum Gasteiger partial charge on any atom is -0.491 e. The highest BCUT2D eigenvalue weighted by atomic mass is 16.5. The van der Waals surface area contributed by atoms with E-state index in [9.17, 15) is 4.79 Å². The van der Waals surface area contributed by atoms with E-state index in [4.69, 9.17) is 18.9 Å². The van der Waals surface area contributed by atoms with Crippen molar-refractivity contribution >= 4 is 5.97 Å². The Kier molecular flexibility index (Phi) is 7.48. The van der Waals surface area contributed by atoms with Crippen LogP contribution in [0.25, 0.3) is 11.1 Å². The molecule has 0 aliphatic heterocycles. The number of methoxy groups -OCH3 is 1. The van der Waals surface area contributed by atoms with Gasteiger partial charge in [-0.25, -0.2) is 4.79 Å². The molecule has 140 valence electrons. The molecule has 5 nitrogen and oxygen atoms in total. The molecule has 0 aliphatic carbocycles. The van der Waals surface area contributed by atoms with E-state index < -0.39 is 0 Å². The van der Waals surface area contributed by atoms with Crippen molar-refractivity contribution in [1.82, 2.24) is 0 Å². The molecule has 0 aromatic heterocycles. The Labute approximate surface area is 154 Å². The molecule has 2 aromatic rings. The molecule has 0 saturated heterocycles. The predicted octanol–water partition coefficient (Wildman–Crippen LogP) is 4.34. The van der Waals surface area contributed by atoms with Gasteiger partial charge in [0.1, 0.15) is 18.1 Å². The fourth-order valence-electron chi connectivity index (χ4n) is 2.45. The average molecular weight is 358 g/mol. The highest BCUT2D eigenvalue weighted by Crippen LogP contribution is 2.33. The van der Waals surface area contributed by atoms with Gasteiger partial charge in [-0.15, -0.1) is 0 Å². The van der Waals surface area contributed by atoms with Crippen LogP contribution in [0.5, 0.6) is 11.5 Å². The van der Waals surface area contributed by atoms with E-state index in [1.54, 1.807) is 18.2 Å². The molecule has 26 heavy (non-hydrogen) atoms. The van der Waals surface area contributed by atoms with Crippen LogP contribution in [0.1, 0.15) is 31.1 Å². The van der Waals surface area contributed by atoms with E-state index in [1.165, 1.54) is 7.11 Å². The van der Waals surface area contributed by atoms with Gasteiger partial charge in [-0.3, -0.25) is 0 Å². The summed E-state index contributed by atoms with van der Waals surface area (Å²) in [6, 6.07) is 13.0. The van der Waals surface area contributed by atoms with E-state index in [1.807, 2.05) is 45.0 Å². The summed E-state index contributed by atoms with van der Waals surface area (Å²) in [5, 5.41) is 0. The first-order valence-corrected chi connectivity index (χ1v) is 8.75. The van der Waals surface area contributed by atoms with Crippen LogP contribution in [0.15, 0.2) is 42.5 Å². The van der Waals surface area contributed by atoms with Crippen molar-refractivity contribution < 1.29 is 23.7 Å². The van der Waals surface area contributed by atoms with Crippen molar-refractivity contribution in [3.05, 3.63) is 48.0 Å². The molecule has 0 fully saturated rings. The topological polar surface area (TPSA) is 54.0 Å². The van der Waals surface area contributed by atoms with Crippen LogP contribution in [0.3, 0.4) is 0 Å². The number of ether oxygens (including phenoxy) is 4. The summed E-state index contributed by atoms with van der Waals surface area (Å²) in [6.07, 6.45) is 0.0268. The van der Waals surface area contributed by atoms with E-state index >= 15 is 0 Å². The Morgan fingerprint density at radius 2 is 1.77 bits per heavy atom. The van der Waals surface area contributed by atoms with Crippen LogP contribution in [-0.4, -0.2) is 39.0 Å². The molecular formula is C21H26O5. The lowest BCUT2D eigenvalue weighted by Gasteiger charge is -2.16. The maximum absolute atomic E-state index is 11.9. The molecule has 0 N–H and O–H groups in total. The molecule has 2 aromatic carbocycles. The van der Waals surface area contributed by atoms with E-state index in [0.29, 0.717) is 25.4 Å².